The molecule has 2 nitrogen and oxygen atoms in total. The van der Waals surface area contributed by atoms with E-state index in [1.54, 1.807) is 13.2 Å². The van der Waals surface area contributed by atoms with Gasteiger partial charge < -0.3 is 9.84 Å². The Morgan fingerprint density at radius 1 is 1.26 bits per heavy atom. The highest BCUT2D eigenvalue weighted by molar-refractivity contribution is 6.30. The molecule has 1 unspecified atom stereocenters. The Balaban J connectivity index is 2.17. The molecule has 0 saturated carbocycles. The lowest BCUT2D eigenvalue weighted by Gasteiger charge is -2.13. The van der Waals surface area contributed by atoms with Crippen LogP contribution in [-0.2, 0) is 6.42 Å². The van der Waals surface area contributed by atoms with Crippen molar-refractivity contribution in [2.24, 2.45) is 0 Å². The fourth-order valence-corrected chi connectivity index (χ4v) is 2.06. The smallest absolute Gasteiger partial charge is 0.130 e. The number of rotatable bonds is 4. The van der Waals surface area contributed by atoms with Gasteiger partial charge in [-0.25, -0.2) is 4.39 Å². The molecule has 100 valence electrons. The summed E-state index contributed by atoms with van der Waals surface area (Å²) < 4.78 is 18.8. The summed E-state index contributed by atoms with van der Waals surface area (Å²) in [7, 11) is 1.58. The van der Waals surface area contributed by atoms with Crippen LogP contribution in [0.15, 0.2) is 42.5 Å². The lowest BCUT2D eigenvalue weighted by atomic mass is 10.0. The molecule has 0 aliphatic rings. The van der Waals surface area contributed by atoms with Crippen LogP contribution in [0.2, 0.25) is 5.02 Å². The summed E-state index contributed by atoms with van der Waals surface area (Å²) in [5.74, 6) is 0.212. The average molecular weight is 281 g/mol. The Bertz CT molecular complexity index is 572. The highest BCUT2D eigenvalue weighted by Crippen LogP contribution is 2.24. The summed E-state index contributed by atoms with van der Waals surface area (Å²) in [6.07, 6.45) is -0.597. The second kappa shape index (κ2) is 6.04. The highest BCUT2D eigenvalue weighted by atomic mass is 35.5. The average Bonchev–Trinajstić information content (AvgIpc) is 2.38. The summed E-state index contributed by atoms with van der Waals surface area (Å²) in [6, 6.07) is 11.6. The van der Waals surface area contributed by atoms with E-state index in [0.717, 1.165) is 5.56 Å². The highest BCUT2D eigenvalue weighted by Gasteiger charge is 2.14. The molecular weight excluding hydrogens is 267 g/mol. The van der Waals surface area contributed by atoms with Crippen molar-refractivity contribution < 1.29 is 14.2 Å². The molecule has 0 amide bonds. The van der Waals surface area contributed by atoms with Crippen molar-refractivity contribution in [1.82, 2.24) is 0 Å². The number of hydrogen-bond donors (Lipinski definition) is 1. The van der Waals surface area contributed by atoms with Crippen LogP contribution in [0.4, 0.5) is 4.39 Å². The van der Waals surface area contributed by atoms with Crippen LogP contribution in [0.25, 0.3) is 0 Å². The van der Waals surface area contributed by atoms with Gasteiger partial charge in [0.2, 0.25) is 0 Å². The van der Waals surface area contributed by atoms with Gasteiger partial charge in [-0.3, -0.25) is 0 Å². The van der Waals surface area contributed by atoms with Crippen molar-refractivity contribution in [2.75, 3.05) is 7.11 Å². The van der Waals surface area contributed by atoms with E-state index >= 15 is 0 Å². The number of hydrogen-bond acceptors (Lipinski definition) is 2. The molecular formula is C15H14ClFO2. The third-order valence-electron chi connectivity index (χ3n) is 2.88. The van der Waals surface area contributed by atoms with Crippen molar-refractivity contribution in [3.63, 3.8) is 0 Å². The van der Waals surface area contributed by atoms with Gasteiger partial charge >= 0.3 is 0 Å². The topological polar surface area (TPSA) is 29.5 Å². The van der Waals surface area contributed by atoms with Gasteiger partial charge in [-0.1, -0.05) is 29.8 Å². The number of ether oxygens (including phenoxy) is 1. The number of halogens is 2. The maximum atomic E-state index is 13.7. The Morgan fingerprint density at radius 3 is 2.74 bits per heavy atom. The molecule has 0 spiro atoms. The molecule has 2 rings (SSSR count). The SMILES string of the molecule is COc1cccc(CC(O)c2ccc(Cl)cc2F)c1. The molecule has 4 heteroatoms. The molecule has 0 fully saturated rings. The number of benzene rings is 2. The second-order valence-electron chi connectivity index (χ2n) is 4.24. The zero-order valence-electron chi connectivity index (χ0n) is 10.4. The first kappa shape index (κ1) is 13.8. The van der Waals surface area contributed by atoms with Gasteiger partial charge in [-0.05, 0) is 29.8 Å². The quantitative estimate of drug-likeness (QED) is 0.924. The van der Waals surface area contributed by atoms with E-state index in [0.29, 0.717) is 17.2 Å². The molecule has 2 aromatic rings. The van der Waals surface area contributed by atoms with Gasteiger partial charge in [0, 0.05) is 17.0 Å². The van der Waals surface area contributed by atoms with Gasteiger partial charge in [-0.15, -0.1) is 0 Å². The summed E-state index contributed by atoms with van der Waals surface area (Å²) in [6.45, 7) is 0. The molecule has 2 aromatic carbocycles. The summed E-state index contributed by atoms with van der Waals surface area (Å²) in [4.78, 5) is 0. The lowest BCUT2D eigenvalue weighted by molar-refractivity contribution is 0.173. The molecule has 0 radical (unpaired) electrons. The predicted octanol–water partition coefficient (Wildman–Crippen LogP) is 3.76. The monoisotopic (exact) mass is 280 g/mol. The van der Waals surface area contributed by atoms with Crippen molar-refractivity contribution in [3.05, 3.63) is 64.4 Å². The minimum atomic E-state index is -0.913. The Hall–Kier alpha value is -1.58. The van der Waals surface area contributed by atoms with Gasteiger partial charge in [0.15, 0.2) is 0 Å². The summed E-state index contributed by atoms with van der Waals surface area (Å²) >= 11 is 5.68. The number of aliphatic hydroxyl groups excluding tert-OH is 1. The first-order chi connectivity index (χ1) is 9.10. The Labute approximate surface area is 116 Å². The van der Waals surface area contributed by atoms with E-state index in [1.807, 2.05) is 24.3 Å². The van der Waals surface area contributed by atoms with Crippen LogP contribution in [0.1, 0.15) is 17.2 Å². The standard InChI is InChI=1S/C15H14ClFO2/c1-19-12-4-2-3-10(7-12)8-15(18)13-6-5-11(16)9-14(13)17/h2-7,9,15,18H,8H2,1H3. The number of aliphatic hydroxyl groups is 1. The fourth-order valence-electron chi connectivity index (χ4n) is 1.90. The van der Waals surface area contributed by atoms with E-state index in [-0.39, 0.29) is 5.56 Å². The maximum Gasteiger partial charge on any atom is 0.130 e. The van der Waals surface area contributed by atoms with Gasteiger partial charge in [0.1, 0.15) is 11.6 Å². The van der Waals surface area contributed by atoms with Crippen molar-refractivity contribution in [3.8, 4) is 5.75 Å². The molecule has 0 heterocycles. The first-order valence-electron chi connectivity index (χ1n) is 5.86. The van der Waals surface area contributed by atoms with Crippen LogP contribution in [0.3, 0.4) is 0 Å². The van der Waals surface area contributed by atoms with E-state index in [9.17, 15) is 9.50 Å². The first-order valence-corrected chi connectivity index (χ1v) is 6.24. The zero-order chi connectivity index (χ0) is 13.8. The third-order valence-corrected chi connectivity index (χ3v) is 3.12. The van der Waals surface area contributed by atoms with Crippen LogP contribution < -0.4 is 4.74 Å². The molecule has 0 bridgehead atoms. The van der Waals surface area contributed by atoms with Crippen molar-refractivity contribution >= 4 is 11.6 Å². The molecule has 0 saturated heterocycles. The molecule has 0 aromatic heterocycles. The Kier molecular flexibility index (Phi) is 4.40. The van der Waals surface area contributed by atoms with Crippen molar-refractivity contribution in [2.45, 2.75) is 12.5 Å². The predicted molar refractivity (Wildman–Crippen MR) is 73.1 cm³/mol. The largest absolute Gasteiger partial charge is 0.497 e. The minimum absolute atomic E-state index is 0.243. The van der Waals surface area contributed by atoms with Crippen LogP contribution in [0.5, 0.6) is 5.75 Å². The summed E-state index contributed by atoms with van der Waals surface area (Å²) in [5, 5.41) is 10.4. The van der Waals surface area contributed by atoms with E-state index in [2.05, 4.69) is 0 Å². The normalized spacial score (nSPS) is 12.2. The molecule has 0 aliphatic heterocycles. The third kappa shape index (κ3) is 3.46. The van der Waals surface area contributed by atoms with Crippen LogP contribution >= 0.6 is 11.6 Å². The Morgan fingerprint density at radius 2 is 2.05 bits per heavy atom. The molecule has 19 heavy (non-hydrogen) atoms. The van der Waals surface area contributed by atoms with E-state index in [1.165, 1.54) is 12.1 Å². The van der Waals surface area contributed by atoms with Crippen molar-refractivity contribution in [1.29, 1.82) is 0 Å². The van der Waals surface area contributed by atoms with Crippen LogP contribution in [-0.4, -0.2) is 12.2 Å². The minimum Gasteiger partial charge on any atom is -0.497 e. The van der Waals surface area contributed by atoms with E-state index in [4.69, 9.17) is 16.3 Å². The molecule has 0 aliphatic carbocycles. The zero-order valence-corrected chi connectivity index (χ0v) is 11.2. The lowest BCUT2D eigenvalue weighted by Crippen LogP contribution is -2.04. The fraction of sp³-hybridized carbons (Fsp3) is 0.200. The summed E-state index contributed by atoms with van der Waals surface area (Å²) in [5.41, 5.74) is 1.12. The van der Waals surface area contributed by atoms with Gasteiger partial charge in [0.25, 0.3) is 0 Å². The van der Waals surface area contributed by atoms with E-state index < -0.39 is 11.9 Å². The van der Waals surface area contributed by atoms with Gasteiger partial charge in [0.05, 0.1) is 13.2 Å². The number of methoxy groups -OCH3 is 1. The molecule has 1 atom stereocenters. The van der Waals surface area contributed by atoms with Gasteiger partial charge in [-0.2, -0.15) is 0 Å². The maximum absolute atomic E-state index is 13.7. The second-order valence-corrected chi connectivity index (χ2v) is 4.67. The molecule has 1 N–H and O–H groups in total. The van der Waals surface area contributed by atoms with Crippen LogP contribution in [0, 0.1) is 5.82 Å².